The summed E-state index contributed by atoms with van der Waals surface area (Å²) in [6.45, 7) is 2.02. The van der Waals surface area contributed by atoms with Crippen LogP contribution in [0.4, 0.5) is 17.2 Å². The van der Waals surface area contributed by atoms with Crippen molar-refractivity contribution in [1.82, 2.24) is 10.2 Å². The van der Waals surface area contributed by atoms with Gasteiger partial charge in [-0.05, 0) is 55.0 Å². The lowest BCUT2D eigenvalue weighted by Crippen LogP contribution is -2.14. The number of anilines is 3. The third-order valence-electron chi connectivity index (χ3n) is 3.27. The quantitative estimate of drug-likeness (QED) is 0.694. The molecule has 0 saturated carbocycles. The predicted octanol–water partition coefficient (Wildman–Crippen LogP) is 4.54. The van der Waals surface area contributed by atoms with Crippen LogP contribution < -0.4 is 10.6 Å². The van der Waals surface area contributed by atoms with E-state index in [1.807, 2.05) is 55.5 Å². The van der Waals surface area contributed by atoms with Crippen LogP contribution in [0.25, 0.3) is 0 Å². The molecular weight excluding hydrogens is 368 g/mol. The van der Waals surface area contributed by atoms with Crippen LogP contribution in [0.15, 0.2) is 65.1 Å². The van der Waals surface area contributed by atoms with Gasteiger partial charge >= 0.3 is 0 Å². The molecule has 0 saturated heterocycles. The van der Waals surface area contributed by atoms with Crippen LogP contribution >= 0.6 is 15.9 Å². The van der Waals surface area contributed by atoms with E-state index in [1.165, 1.54) is 0 Å². The summed E-state index contributed by atoms with van der Waals surface area (Å²) < 4.78 is 0.893. The topological polar surface area (TPSA) is 66.9 Å². The molecule has 24 heavy (non-hydrogen) atoms. The van der Waals surface area contributed by atoms with Gasteiger partial charge in [-0.25, -0.2) is 0 Å². The van der Waals surface area contributed by atoms with Crippen LogP contribution in [-0.4, -0.2) is 16.1 Å². The summed E-state index contributed by atoms with van der Waals surface area (Å²) in [5.74, 6) is 0.280. The first kappa shape index (κ1) is 16.1. The standard InChI is InChI=1S/C18H15BrN4O/c1-12-4-2-6-14(10-12)20-17-9-8-16(22-23-17)18(24)21-15-7-3-5-13(19)11-15/h2-11H,1H3,(H,20,23)(H,21,24). The number of halogens is 1. The van der Waals surface area contributed by atoms with Crippen molar-refractivity contribution in [2.24, 2.45) is 0 Å². The minimum absolute atomic E-state index is 0.254. The van der Waals surface area contributed by atoms with Gasteiger partial charge in [0.05, 0.1) is 0 Å². The van der Waals surface area contributed by atoms with Crippen LogP contribution in [0, 0.1) is 6.92 Å². The first-order valence-electron chi connectivity index (χ1n) is 7.34. The van der Waals surface area contributed by atoms with Crippen molar-refractivity contribution in [2.45, 2.75) is 6.92 Å². The smallest absolute Gasteiger partial charge is 0.276 e. The maximum atomic E-state index is 12.2. The minimum atomic E-state index is -0.303. The molecule has 0 aliphatic carbocycles. The van der Waals surface area contributed by atoms with Crippen LogP contribution in [0.3, 0.4) is 0 Å². The Morgan fingerprint density at radius 1 is 0.958 bits per heavy atom. The monoisotopic (exact) mass is 382 g/mol. The van der Waals surface area contributed by atoms with Gasteiger partial charge < -0.3 is 10.6 Å². The Morgan fingerprint density at radius 3 is 2.46 bits per heavy atom. The van der Waals surface area contributed by atoms with Crippen molar-refractivity contribution < 1.29 is 4.79 Å². The Kier molecular flexibility index (Phi) is 4.86. The average Bonchev–Trinajstić information content (AvgIpc) is 2.55. The molecule has 5 nitrogen and oxygen atoms in total. The number of hydrogen-bond acceptors (Lipinski definition) is 4. The second kappa shape index (κ2) is 7.23. The normalized spacial score (nSPS) is 10.2. The Bertz CT molecular complexity index is 865. The number of hydrogen-bond donors (Lipinski definition) is 2. The molecule has 0 fully saturated rings. The molecule has 0 spiro atoms. The predicted molar refractivity (Wildman–Crippen MR) is 98.6 cm³/mol. The molecule has 0 radical (unpaired) electrons. The lowest BCUT2D eigenvalue weighted by atomic mass is 10.2. The van der Waals surface area contributed by atoms with Gasteiger partial charge in [-0.1, -0.05) is 34.1 Å². The van der Waals surface area contributed by atoms with Gasteiger partial charge in [-0.2, -0.15) is 0 Å². The lowest BCUT2D eigenvalue weighted by molar-refractivity contribution is 0.102. The van der Waals surface area contributed by atoms with Gasteiger partial charge in [0.2, 0.25) is 0 Å². The maximum Gasteiger partial charge on any atom is 0.276 e. The van der Waals surface area contributed by atoms with Crippen molar-refractivity contribution in [1.29, 1.82) is 0 Å². The molecule has 1 aromatic heterocycles. The number of benzene rings is 2. The Balaban J connectivity index is 1.68. The summed E-state index contributed by atoms with van der Waals surface area (Å²) in [5.41, 5.74) is 3.02. The van der Waals surface area contributed by atoms with Crippen LogP contribution in [0.2, 0.25) is 0 Å². The Labute approximate surface area is 148 Å². The maximum absolute atomic E-state index is 12.2. The van der Waals surface area contributed by atoms with Crippen molar-refractivity contribution in [3.63, 3.8) is 0 Å². The summed E-state index contributed by atoms with van der Waals surface area (Å²) in [7, 11) is 0. The lowest BCUT2D eigenvalue weighted by Gasteiger charge is -2.07. The molecule has 0 atom stereocenters. The van der Waals surface area contributed by atoms with Crippen LogP contribution in [0.1, 0.15) is 16.1 Å². The zero-order valence-electron chi connectivity index (χ0n) is 13.0. The second-order valence-electron chi connectivity index (χ2n) is 5.26. The highest BCUT2D eigenvalue weighted by Gasteiger charge is 2.09. The first-order chi connectivity index (χ1) is 11.6. The van der Waals surface area contributed by atoms with Gasteiger partial charge in [0, 0.05) is 15.8 Å². The highest BCUT2D eigenvalue weighted by atomic mass is 79.9. The fraction of sp³-hybridized carbons (Fsp3) is 0.0556. The number of carbonyl (C=O) groups excluding carboxylic acids is 1. The van der Waals surface area contributed by atoms with E-state index >= 15 is 0 Å². The molecule has 0 unspecified atom stereocenters. The summed E-state index contributed by atoms with van der Waals surface area (Å²) in [6.07, 6.45) is 0. The largest absolute Gasteiger partial charge is 0.339 e. The number of amides is 1. The van der Waals surface area contributed by atoms with Gasteiger partial charge in [-0.3, -0.25) is 4.79 Å². The number of nitrogens with one attached hydrogen (secondary N) is 2. The number of carbonyl (C=O) groups is 1. The van der Waals surface area contributed by atoms with Crippen molar-refractivity contribution in [2.75, 3.05) is 10.6 Å². The molecule has 0 aliphatic rings. The molecule has 1 amide bonds. The van der Waals surface area contributed by atoms with Crippen LogP contribution in [-0.2, 0) is 0 Å². The molecule has 3 aromatic rings. The van der Waals surface area contributed by atoms with E-state index in [1.54, 1.807) is 12.1 Å². The highest BCUT2D eigenvalue weighted by Crippen LogP contribution is 2.17. The average molecular weight is 383 g/mol. The fourth-order valence-corrected chi connectivity index (χ4v) is 2.55. The summed E-state index contributed by atoms with van der Waals surface area (Å²) >= 11 is 3.37. The van der Waals surface area contributed by atoms with E-state index in [4.69, 9.17) is 0 Å². The molecule has 1 heterocycles. The number of aromatic nitrogens is 2. The van der Waals surface area contributed by atoms with E-state index in [2.05, 4.69) is 36.8 Å². The van der Waals surface area contributed by atoms with Crippen molar-refractivity contribution in [3.8, 4) is 0 Å². The summed E-state index contributed by atoms with van der Waals surface area (Å²) in [5, 5.41) is 14.0. The second-order valence-corrected chi connectivity index (χ2v) is 6.18. The number of aryl methyl sites for hydroxylation is 1. The summed E-state index contributed by atoms with van der Waals surface area (Å²) in [4.78, 5) is 12.2. The molecule has 3 rings (SSSR count). The Morgan fingerprint density at radius 2 is 1.75 bits per heavy atom. The molecule has 2 N–H and O–H groups in total. The number of nitrogens with zero attached hydrogens (tertiary/aromatic N) is 2. The SMILES string of the molecule is Cc1cccc(Nc2ccc(C(=O)Nc3cccc(Br)c3)nn2)c1. The molecule has 6 heteroatoms. The third kappa shape index (κ3) is 4.17. The fourth-order valence-electron chi connectivity index (χ4n) is 2.15. The molecule has 2 aromatic carbocycles. The third-order valence-corrected chi connectivity index (χ3v) is 3.76. The summed E-state index contributed by atoms with van der Waals surface area (Å²) in [6, 6.07) is 18.7. The highest BCUT2D eigenvalue weighted by molar-refractivity contribution is 9.10. The van der Waals surface area contributed by atoms with E-state index in [-0.39, 0.29) is 11.6 Å². The molecule has 120 valence electrons. The minimum Gasteiger partial charge on any atom is -0.339 e. The zero-order chi connectivity index (χ0) is 16.9. The molecule has 0 aliphatic heterocycles. The van der Waals surface area contributed by atoms with E-state index in [0.717, 1.165) is 15.7 Å². The first-order valence-corrected chi connectivity index (χ1v) is 8.14. The molecule has 0 bridgehead atoms. The van der Waals surface area contributed by atoms with Crippen molar-refractivity contribution in [3.05, 3.63) is 76.4 Å². The van der Waals surface area contributed by atoms with E-state index in [9.17, 15) is 4.79 Å². The molecular formula is C18H15BrN4O. The van der Waals surface area contributed by atoms with Gasteiger partial charge in [0.1, 0.15) is 0 Å². The van der Waals surface area contributed by atoms with Crippen LogP contribution in [0.5, 0.6) is 0 Å². The number of rotatable bonds is 4. The Hall–Kier alpha value is -2.73. The van der Waals surface area contributed by atoms with Gasteiger partial charge in [0.15, 0.2) is 11.5 Å². The van der Waals surface area contributed by atoms with Gasteiger partial charge in [-0.15, -0.1) is 10.2 Å². The van der Waals surface area contributed by atoms with Crippen molar-refractivity contribution >= 4 is 39.0 Å². The zero-order valence-corrected chi connectivity index (χ0v) is 14.5. The van der Waals surface area contributed by atoms with E-state index in [0.29, 0.717) is 11.5 Å². The van der Waals surface area contributed by atoms with E-state index < -0.39 is 0 Å². The van der Waals surface area contributed by atoms with Gasteiger partial charge in [0.25, 0.3) is 5.91 Å².